The van der Waals surface area contributed by atoms with Gasteiger partial charge in [0.05, 0.1) is 61.0 Å². The molecule has 10 aliphatic heterocycles. The van der Waals surface area contributed by atoms with Crippen molar-refractivity contribution < 1.29 is 106 Å². The Morgan fingerprint density at radius 2 is 1.08 bits per heavy atom. The Bertz CT molecular complexity index is 4060. The van der Waals surface area contributed by atoms with Crippen LogP contribution in [0.5, 0.6) is 57.5 Å². The van der Waals surface area contributed by atoms with E-state index in [4.69, 9.17) is 92.6 Å². The molecule has 4 aromatic rings. The van der Waals surface area contributed by atoms with Crippen molar-refractivity contribution >= 4 is 88.3 Å². The van der Waals surface area contributed by atoms with Gasteiger partial charge in [-0.05, 0) is 76.9 Å². The molecule has 3 unspecified atom stereocenters. The molecule has 4 aromatic carbocycles. The SMILES string of the molecule is COc1c(C)cc2c(c1O)[C@@H]1C3[C@@H]4SCC(N)C(=O)OC[C@@H](c5c6c(c(C)c(OC(C)=O)c54)OCO6)N3[C@@H](C#N)[C@H](C2)N1C.COc1c(C)cc2c(c1O)[C@@H]1C3[C@@H]4SC[C@@H](NC(=O)OCC(Cl)(Cl)Cl)C(=O)OC[C@@H](c5c6c(c(C)c(OC(C)=O)c54)OCO6)N3[C@@H](C#N)[C@H](C2)N1C.[Zn]. The van der Waals surface area contributed by atoms with Crippen LogP contribution in [0.25, 0.3) is 0 Å². The molecular formula is C65H69Cl3N8O18S2Zn. The normalized spacial score (nSPS) is 28.6. The molecule has 0 saturated carbocycles. The van der Waals surface area contributed by atoms with Gasteiger partial charge in [0, 0.05) is 114 Å². The molecule has 10 aliphatic rings. The molecule has 14 atom stereocenters. The number of nitrogens with one attached hydrogen (secondary N) is 1. The molecule has 8 bridgehead atoms. The Labute approximate surface area is 594 Å². The van der Waals surface area contributed by atoms with E-state index in [1.807, 2.05) is 47.0 Å². The molecule has 5 N–H and O–H groups in total. The molecule has 4 saturated heterocycles. The minimum atomic E-state index is -1.88. The molecule has 0 spiro atoms. The quantitative estimate of drug-likeness (QED) is 0.0485. The second-order valence-corrected chi connectivity index (χ2v) is 30.1. The molecular weight excluding hydrogens is 1420 g/mol. The first-order valence-electron chi connectivity index (χ1n) is 30.9. The number of halogens is 3. The number of methoxy groups -OCH3 is 2. The van der Waals surface area contributed by atoms with E-state index in [1.165, 1.54) is 51.6 Å². The average Bonchev–Trinajstić information content (AvgIpc) is 1.31. The molecule has 512 valence electrons. The summed E-state index contributed by atoms with van der Waals surface area (Å²) in [5.74, 6) is 0.945. The minimum absolute atomic E-state index is 0. The zero-order valence-corrected chi connectivity index (χ0v) is 61.3. The van der Waals surface area contributed by atoms with Gasteiger partial charge in [0.25, 0.3) is 0 Å². The predicted octanol–water partition coefficient (Wildman–Crippen LogP) is 7.25. The van der Waals surface area contributed by atoms with E-state index in [9.17, 15) is 44.7 Å². The number of aromatic hydroxyl groups is 2. The van der Waals surface area contributed by atoms with E-state index in [0.29, 0.717) is 86.5 Å². The van der Waals surface area contributed by atoms with E-state index in [1.54, 1.807) is 6.92 Å². The number of rotatable bonds is 6. The summed E-state index contributed by atoms with van der Waals surface area (Å²) in [6.45, 7) is 8.90. The molecule has 0 aliphatic carbocycles. The molecule has 97 heavy (non-hydrogen) atoms. The van der Waals surface area contributed by atoms with Crippen LogP contribution < -0.4 is 48.9 Å². The molecule has 14 rings (SSSR count). The van der Waals surface area contributed by atoms with Gasteiger partial charge in [-0.25, -0.2) is 9.59 Å². The van der Waals surface area contributed by atoms with Crippen LogP contribution in [0.3, 0.4) is 0 Å². The van der Waals surface area contributed by atoms with E-state index in [0.717, 1.165) is 33.4 Å². The predicted molar refractivity (Wildman–Crippen MR) is 346 cm³/mol. The molecule has 10 heterocycles. The van der Waals surface area contributed by atoms with Gasteiger partial charge in [0.2, 0.25) is 17.4 Å². The summed E-state index contributed by atoms with van der Waals surface area (Å²) in [4.78, 5) is 73.2. The van der Waals surface area contributed by atoms with Crippen molar-refractivity contribution in [3.63, 3.8) is 0 Å². The summed E-state index contributed by atoms with van der Waals surface area (Å²) in [5, 5.41) is 46.8. The number of nitrogens with zero attached hydrogens (tertiary/aromatic N) is 6. The fourth-order valence-corrected chi connectivity index (χ4v) is 19.5. The number of thioether (sulfide) groups is 2. The zero-order valence-electron chi connectivity index (χ0n) is 54.4. The van der Waals surface area contributed by atoms with Crippen molar-refractivity contribution in [2.45, 2.75) is 141 Å². The van der Waals surface area contributed by atoms with Gasteiger partial charge in [-0.2, -0.15) is 10.5 Å². The third kappa shape index (κ3) is 11.5. The Hall–Kier alpha value is -6.60. The summed E-state index contributed by atoms with van der Waals surface area (Å²) in [6, 6.07) is 1.67. The van der Waals surface area contributed by atoms with E-state index < -0.39 is 111 Å². The summed E-state index contributed by atoms with van der Waals surface area (Å²) in [5.41, 5.74) is 14.8. The summed E-state index contributed by atoms with van der Waals surface area (Å²) >= 11 is 20.0. The number of alkyl carbamates (subject to hydrolysis) is 1. The molecule has 0 aromatic heterocycles. The first-order chi connectivity index (χ1) is 45.7. The third-order valence-corrected chi connectivity index (χ3v) is 23.2. The van der Waals surface area contributed by atoms with Gasteiger partial charge in [-0.1, -0.05) is 46.9 Å². The van der Waals surface area contributed by atoms with Crippen LogP contribution in [0.15, 0.2) is 12.1 Å². The van der Waals surface area contributed by atoms with E-state index in [2.05, 4.69) is 37.1 Å². The number of carbonyl (C=O) groups excluding carboxylic acids is 5. The number of aryl methyl sites for hydroxylation is 2. The number of piperazine rings is 2. The number of phenolic OH excluding ortho intramolecular Hbond substituents is 2. The van der Waals surface area contributed by atoms with Crippen molar-refractivity contribution in [1.82, 2.24) is 24.9 Å². The van der Waals surface area contributed by atoms with Crippen LogP contribution in [0, 0.1) is 50.4 Å². The first kappa shape index (κ1) is 70.3. The maximum atomic E-state index is 13.7. The number of likely N-dealkylation sites (N-methyl/N-ethyl adjacent to an activating group) is 2. The Kier molecular flexibility index (Phi) is 19.4. The second kappa shape index (κ2) is 26.8. The number of amides is 1. The van der Waals surface area contributed by atoms with Crippen LogP contribution in [-0.2, 0) is 65.7 Å². The molecule has 26 nitrogen and oxygen atoms in total. The van der Waals surface area contributed by atoms with Crippen molar-refractivity contribution in [2.75, 3.05) is 73.2 Å². The Morgan fingerprint density at radius 1 is 0.660 bits per heavy atom. The van der Waals surface area contributed by atoms with Crippen molar-refractivity contribution in [2.24, 2.45) is 5.73 Å². The number of hydrogen-bond donors (Lipinski definition) is 4. The van der Waals surface area contributed by atoms with Crippen molar-refractivity contribution in [3.05, 3.63) is 78.9 Å². The van der Waals surface area contributed by atoms with Crippen LogP contribution in [0.1, 0.15) is 115 Å². The van der Waals surface area contributed by atoms with Gasteiger partial charge < -0.3 is 73.4 Å². The fourth-order valence-electron chi connectivity index (χ4n) is 16.4. The van der Waals surface area contributed by atoms with Gasteiger partial charge in [-0.15, -0.1) is 23.5 Å². The fraction of sp³-hybridized carbons (Fsp3) is 0.523. The van der Waals surface area contributed by atoms with Gasteiger partial charge in [0.1, 0.15) is 55.5 Å². The molecule has 4 fully saturated rings. The average molecular weight is 1490 g/mol. The van der Waals surface area contributed by atoms with Gasteiger partial charge >= 0.3 is 30.0 Å². The number of carbonyl (C=O) groups is 5. The number of ether oxygens (including phenoxy) is 11. The summed E-state index contributed by atoms with van der Waals surface area (Å²) < 4.78 is 62.2. The molecule has 1 amide bonds. The number of benzene rings is 4. The van der Waals surface area contributed by atoms with Crippen LogP contribution in [-0.4, -0.2) is 185 Å². The number of alkyl halides is 3. The molecule has 0 radical (unpaired) electrons. The van der Waals surface area contributed by atoms with Crippen LogP contribution in [0.4, 0.5) is 4.79 Å². The number of cyclic esters (lactones) is 2. The monoisotopic (exact) mass is 1480 g/mol. The molecule has 32 heteroatoms. The maximum Gasteiger partial charge on any atom is 0.408 e. The maximum absolute atomic E-state index is 13.7. The standard InChI is InChI=1S/C34H35Cl3N4O10S.C31H34N4O8S.Zn/c1-13-6-16-7-18-19(8-38)41-20-9-47-32(44)17(39-33(45)48-11-34(35,36)37)10-52-31(25(41)24(40(18)4)21(16)26(43)27(13)46-5)23-22(20)30-29(49-12-50-30)14(2)28(23)51-15(3)42;1-12-6-15-7-17-18(8-32)35-19-9-40-31(38)16(33)10-44-30(24(35)23(34(17)4)20(15)25(37)26(12)39-5)22-21(19)29-28(41-11-42-29)13(2)27(22)43-14(3)36;/h6,17-20,24-25,31,43H,7,9-12H2,1-5H3,(H,39,45);6,16-19,23-24,30,37H,7,9-11,33H2,1-5H3;/t17-,18+,19+,20+,24-,25?,31-;16?,17-,18-,19-,23+,24?,30+;/m10./s1. The van der Waals surface area contributed by atoms with Gasteiger partial charge in [0.15, 0.2) is 46.0 Å². The topological polar surface area (TPSA) is 326 Å². The number of nitrogens with two attached hydrogens (primary N) is 1. The number of nitriles is 2. The number of hydrogen-bond acceptors (Lipinski definition) is 27. The summed E-state index contributed by atoms with van der Waals surface area (Å²) in [7, 11) is 6.93. The van der Waals surface area contributed by atoms with Gasteiger partial charge in [-0.3, -0.25) is 34.0 Å². The van der Waals surface area contributed by atoms with E-state index in [-0.39, 0.29) is 87.1 Å². The zero-order chi connectivity index (χ0) is 68.6. The Balaban J connectivity index is 0.000000185. The third-order valence-electron chi connectivity index (χ3n) is 20.0. The van der Waals surface area contributed by atoms with Crippen LogP contribution >= 0.6 is 58.3 Å². The largest absolute Gasteiger partial charge is 0.504 e. The van der Waals surface area contributed by atoms with Crippen molar-refractivity contribution in [3.8, 4) is 69.6 Å². The van der Waals surface area contributed by atoms with E-state index >= 15 is 0 Å². The van der Waals surface area contributed by atoms with Crippen LogP contribution in [0.2, 0.25) is 0 Å². The smallest absolute Gasteiger partial charge is 0.408 e. The Morgan fingerprint density at radius 3 is 1.49 bits per heavy atom. The minimum Gasteiger partial charge on any atom is -0.504 e. The number of fused-ring (bicyclic) bond motifs is 18. The number of esters is 4. The number of phenols is 2. The summed E-state index contributed by atoms with van der Waals surface area (Å²) in [6.07, 6.45) is -0.0307. The second-order valence-electron chi connectivity index (χ2n) is 25.3. The van der Waals surface area contributed by atoms with Crippen molar-refractivity contribution in [1.29, 1.82) is 10.5 Å². The first-order valence-corrected chi connectivity index (χ1v) is 34.2.